The molecule has 0 saturated heterocycles. The summed E-state index contributed by atoms with van der Waals surface area (Å²) in [7, 11) is 0. The summed E-state index contributed by atoms with van der Waals surface area (Å²) in [4.78, 5) is 23.1. The molecule has 0 aliphatic heterocycles. The third-order valence-electron chi connectivity index (χ3n) is 3.00. The number of nitrogens with zero attached hydrogens (tertiary/aromatic N) is 1. The standard InChI is InChI=1S/C17H13ClN4O2/c18-13-2-1-3-15(8-13)22-17(24)12(9-19)10-21-14-6-4-11(5-7-14)16(20)23/h1-8,10,21H,(H2,20,23)(H,22,24)/b12-10-. The number of carbonyl (C=O) groups is 2. The first-order chi connectivity index (χ1) is 11.5. The van der Waals surface area contributed by atoms with E-state index >= 15 is 0 Å². The van der Waals surface area contributed by atoms with Crippen LogP contribution in [-0.4, -0.2) is 11.8 Å². The Bertz CT molecular complexity index is 838. The highest BCUT2D eigenvalue weighted by Gasteiger charge is 2.09. The summed E-state index contributed by atoms with van der Waals surface area (Å²) in [5, 5.41) is 15.0. The number of benzene rings is 2. The third-order valence-corrected chi connectivity index (χ3v) is 3.24. The number of hydrogen-bond acceptors (Lipinski definition) is 4. The SMILES string of the molecule is N#C/C(=C/Nc1ccc(C(N)=O)cc1)C(=O)Nc1cccc(Cl)c1. The lowest BCUT2D eigenvalue weighted by atomic mass is 10.2. The van der Waals surface area contributed by atoms with Crippen LogP contribution in [-0.2, 0) is 4.79 Å². The Balaban J connectivity index is 2.07. The number of rotatable bonds is 5. The van der Waals surface area contributed by atoms with Crippen molar-refractivity contribution < 1.29 is 9.59 Å². The zero-order valence-electron chi connectivity index (χ0n) is 12.4. The second-order valence-electron chi connectivity index (χ2n) is 4.72. The second-order valence-corrected chi connectivity index (χ2v) is 5.16. The van der Waals surface area contributed by atoms with Gasteiger partial charge in [0.25, 0.3) is 5.91 Å². The molecular weight excluding hydrogens is 328 g/mol. The maximum absolute atomic E-state index is 12.1. The van der Waals surface area contributed by atoms with Crippen molar-refractivity contribution in [1.82, 2.24) is 0 Å². The molecule has 0 aliphatic carbocycles. The number of anilines is 2. The number of amides is 2. The van der Waals surface area contributed by atoms with Crippen LogP contribution >= 0.6 is 11.6 Å². The molecule has 0 aliphatic rings. The molecule has 2 amide bonds. The van der Waals surface area contributed by atoms with Gasteiger partial charge in [0.05, 0.1) is 0 Å². The van der Waals surface area contributed by atoms with Crippen LogP contribution in [0.3, 0.4) is 0 Å². The van der Waals surface area contributed by atoms with Crippen molar-refractivity contribution in [2.45, 2.75) is 0 Å². The minimum absolute atomic E-state index is 0.117. The minimum atomic E-state index is -0.568. The Morgan fingerprint density at radius 2 is 1.83 bits per heavy atom. The third kappa shape index (κ3) is 4.60. The van der Waals surface area contributed by atoms with Crippen molar-refractivity contribution in [3.63, 3.8) is 0 Å². The normalized spacial score (nSPS) is 10.6. The van der Waals surface area contributed by atoms with E-state index in [4.69, 9.17) is 22.6 Å². The summed E-state index contributed by atoms with van der Waals surface area (Å²) in [5.74, 6) is -1.10. The summed E-state index contributed by atoms with van der Waals surface area (Å²) in [6.45, 7) is 0. The lowest BCUT2D eigenvalue weighted by Gasteiger charge is -2.06. The molecule has 0 fully saturated rings. The second kappa shape index (κ2) is 7.81. The van der Waals surface area contributed by atoms with E-state index in [-0.39, 0.29) is 5.57 Å². The van der Waals surface area contributed by atoms with Gasteiger partial charge in [0.1, 0.15) is 11.6 Å². The van der Waals surface area contributed by atoms with Gasteiger partial charge < -0.3 is 16.4 Å². The van der Waals surface area contributed by atoms with Gasteiger partial charge in [-0.05, 0) is 42.5 Å². The van der Waals surface area contributed by atoms with Crippen LogP contribution in [0, 0.1) is 11.3 Å². The number of hydrogen-bond donors (Lipinski definition) is 3. The Hall–Kier alpha value is -3.30. The molecule has 2 rings (SSSR count). The molecule has 7 heteroatoms. The van der Waals surface area contributed by atoms with Gasteiger partial charge in [-0.3, -0.25) is 9.59 Å². The molecule has 120 valence electrons. The minimum Gasteiger partial charge on any atom is -0.366 e. The first-order valence-corrected chi connectivity index (χ1v) is 7.21. The molecule has 0 heterocycles. The summed E-state index contributed by atoms with van der Waals surface area (Å²) < 4.78 is 0. The number of nitrogens with one attached hydrogen (secondary N) is 2. The van der Waals surface area contributed by atoms with Crippen LogP contribution in [0.15, 0.2) is 60.3 Å². The molecule has 0 spiro atoms. The molecule has 0 saturated carbocycles. The predicted octanol–water partition coefficient (Wildman–Crippen LogP) is 2.90. The van der Waals surface area contributed by atoms with E-state index in [1.165, 1.54) is 18.3 Å². The van der Waals surface area contributed by atoms with Gasteiger partial charge in [0.15, 0.2) is 0 Å². The van der Waals surface area contributed by atoms with E-state index in [0.29, 0.717) is 22.0 Å². The monoisotopic (exact) mass is 340 g/mol. The van der Waals surface area contributed by atoms with Gasteiger partial charge in [-0.1, -0.05) is 17.7 Å². The number of halogens is 1. The average molecular weight is 341 g/mol. The maximum atomic E-state index is 12.1. The van der Waals surface area contributed by atoms with Crippen molar-refractivity contribution >= 4 is 34.8 Å². The van der Waals surface area contributed by atoms with Gasteiger partial charge in [0, 0.05) is 28.2 Å². The molecule has 0 aromatic heterocycles. The summed E-state index contributed by atoms with van der Waals surface area (Å²) in [5.41, 5.74) is 6.49. The molecule has 0 radical (unpaired) electrons. The van der Waals surface area contributed by atoms with Gasteiger partial charge in [-0.2, -0.15) is 5.26 Å². The molecule has 0 unspecified atom stereocenters. The van der Waals surface area contributed by atoms with E-state index in [1.807, 2.05) is 6.07 Å². The lowest BCUT2D eigenvalue weighted by molar-refractivity contribution is -0.112. The quantitative estimate of drug-likeness (QED) is 0.574. The average Bonchev–Trinajstić information content (AvgIpc) is 2.56. The molecule has 4 N–H and O–H groups in total. The van der Waals surface area contributed by atoms with Crippen molar-refractivity contribution in [2.75, 3.05) is 10.6 Å². The van der Waals surface area contributed by atoms with Gasteiger partial charge in [-0.25, -0.2) is 0 Å². The fraction of sp³-hybridized carbons (Fsp3) is 0. The molecule has 0 atom stereocenters. The molecular formula is C17H13ClN4O2. The Morgan fingerprint density at radius 3 is 2.42 bits per heavy atom. The number of primary amides is 1. The van der Waals surface area contributed by atoms with Crippen LogP contribution in [0.2, 0.25) is 5.02 Å². The molecule has 6 nitrogen and oxygen atoms in total. The molecule has 2 aromatic rings. The van der Waals surface area contributed by atoms with Crippen molar-refractivity contribution in [2.24, 2.45) is 5.73 Å². The largest absolute Gasteiger partial charge is 0.366 e. The van der Waals surface area contributed by atoms with Crippen molar-refractivity contribution in [3.05, 3.63) is 70.9 Å². The topological polar surface area (TPSA) is 108 Å². The highest BCUT2D eigenvalue weighted by atomic mass is 35.5. The Morgan fingerprint density at radius 1 is 1.12 bits per heavy atom. The van der Waals surface area contributed by atoms with E-state index in [1.54, 1.807) is 36.4 Å². The lowest BCUT2D eigenvalue weighted by Crippen LogP contribution is -2.14. The van der Waals surface area contributed by atoms with E-state index in [0.717, 1.165) is 0 Å². The zero-order chi connectivity index (χ0) is 17.5. The van der Waals surface area contributed by atoms with E-state index in [9.17, 15) is 9.59 Å². The molecule has 24 heavy (non-hydrogen) atoms. The fourth-order valence-electron chi connectivity index (χ4n) is 1.80. The van der Waals surface area contributed by atoms with Crippen LogP contribution in [0.4, 0.5) is 11.4 Å². The highest BCUT2D eigenvalue weighted by molar-refractivity contribution is 6.31. The van der Waals surface area contributed by atoms with Crippen LogP contribution in [0.25, 0.3) is 0 Å². The first-order valence-electron chi connectivity index (χ1n) is 6.83. The van der Waals surface area contributed by atoms with Crippen LogP contribution in [0.5, 0.6) is 0 Å². The molecule has 0 bridgehead atoms. The number of carbonyl (C=O) groups excluding carboxylic acids is 2. The molecule has 2 aromatic carbocycles. The maximum Gasteiger partial charge on any atom is 0.267 e. The fourth-order valence-corrected chi connectivity index (χ4v) is 1.99. The predicted molar refractivity (Wildman–Crippen MR) is 92.4 cm³/mol. The van der Waals surface area contributed by atoms with Crippen molar-refractivity contribution in [1.29, 1.82) is 5.26 Å². The van der Waals surface area contributed by atoms with Gasteiger partial charge >= 0.3 is 0 Å². The summed E-state index contributed by atoms with van der Waals surface area (Å²) in [6, 6.07) is 14.7. The van der Waals surface area contributed by atoms with Gasteiger partial charge in [0.2, 0.25) is 5.91 Å². The van der Waals surface area contributed by atoms with Crippen molar-refractivity contribution in [3.8, 4) is 6.07 Å². The number of nitrogens with two attached hydrogens (primary N) is 1. The van der Waals surface area contributed by atoms with Gasteiger partial charge in [-0.15, -0.1) is 0 Å². The zero-order valence-corrected chi connectivity index (χ0v) is 13.2. The van der Waals surface area contributed by atoms with E-state index in [2.05, 4.69) is 10.6 Å². The highest BCUT2D eigenvalue weighted by Crippen LogP contribution is 2.16. The summed E-state index contributed by atoms with van der Waals surface area (Å²) in [6.07, 6.45) is 1.28. The van der Waals surface area contributed by atoms with Crippen LogP contribution in [0.1, 0.15) is 10.4 Å². The first kappa shape index (κ1) is 17.1. The smallest absolute Gasteiger partial charge is 0.267 e. The summed E-state index contributed by atoms with van der Waals surface area (Å²) >= 11 is 5.84. The van der Waals surface area contributed by atoms with E-state index < -0.39 is 11.8 Å². The number of nitriles is 1. The Kier molecular flexibility index (Phi) is 5.55. The van der Waals surface area contributed by atoms with Crippen LogP contribution < -0.4 is 16.4 Å². The Labute approximate surface area is 143 Å².